The van der Waals surface area contributed by atoms with Crippen LogP contribution in [-0.4, -0.2) is 25.3 Å². The number of rotatable bonds is 3. The average molecular weight is 303 g/mol. The van der Waals surface area contributed by atoms with Gasteiger partial charge in [-0.2, -0.15) is 4.31 Å². The van der Waals surface area contributed by atoms with Gasteiger partial charge in [-0.05, 0) is 30.9 Å². The summed E-state index contributed by atoms with van der Waals surface area (Å²) in [7, 11) is -3.62. The number of nitrogens with zero attached hydrogens (tertiary/aromatic N) is 1. The highest BCUT2D eigenvalue weighted by Crippen LogP contribution is 2.35. The van der Waals surface area contributed by atoms with Crippen molar-refractivity contribution in [1.29, 1.82) is 0 Å². The molecule has 0 aromatic heterocycles. The minimum atomic E-state index is -3.62. The zero-order valence-electron chi connectivity index (χ0n) is 11.1. The van der Waals surface area contributed by atoms with Crippen molar-refractivity contribution < 1.29 is 8.42 Å². The van der Waals surface area contributed by atoms with Gasteiger partial charge in [-0.25, -0.2) is 8.42 Å². The Labute approximate surface area is 119 Å². The lowest BCUT2D eigenvalue weighted by Gasteiger charge is -2.27. The molecule has 1 fully saturated rings. The number of hydrogen-bond donors (Lipinski definition) is 1. The Morgan fingerprint density at radius 2 is 2.11 bits per heavy atom. The summed E-state index contributed by atoms with van der Waals surface area (Å²) in [5.74, 6) is 0.279. The molecule has 0 bridgehead atoms. The van der Waals surface area contributed by atoms with Crippen LogP contribution in [0.15, 0.2) is 23.1 Å². The molecule has 1 aromatic rings. The fraction of sp³-hybridized carbons (Fsp3) is 0.538. The first kappa shape index (κ1) is 14.6. The quantitative estimate of drug-likeness (QED) is 0.873. The normalized spacial score (nSPS) is 21.2. The molecule has 106 valence electrons. The van der Waals surface area contributed by atoms with Gasteiger partial charge in [-0.3, -0.25) is 0 Å². The van der Waals surface area contributed by atoms with Gasteiger partial charge in [0.1, 0.15) is 4.90 Å². The molecule has 19 heavy (non-hydrogen) atoms. The fourth-order valence-electron chi connectivity index (χ4n) is 2.65. The maximum absolute atomic E-state index is 12.8. The minimum Gasteiger partial charge on any atom is -0.398 e. The van der Waals surface area contributed by atoms with Gasteiger partial charge in [-0.1, -0.05) is 31.5 Å². The summed E-state index contributed by atoms with van der Waals surface area (Å²) in [6.07, 6.45) is 1.77. The zero-order valence-corrected chi connectivity index (χ0v) is 12.7. The molecule has 0 aliphatic carbocycles. The summed E-state index contributed by atoms with van der Waals surface area (Å²) < 4.78 is 27.1. The average Bonchev–Trinajstić information content (AvgIpc) is 2.77. The molecule has 0 radical (unpaired) electrons. The van der Waals surface area contributed by atoms with E-state index in [0.717, 1.165) is 12.8 Å². The number of benzene rings is 1. The van der Waals surface area contributed by atoms with Gasteiger partial charge in [0.05, 0.1) is 10.7 Å². The van der Waals surface area contributed by atoms with Crippen molar-refractivity contribution in [3.8, 4) is 0 Å². The topological polar surface area (TPSA) is 63.4 Å². The Morgan fingerprint density at radius 3 is 2.68 bits per heavy atom. The third-order valence-corrected chi connectivity index (χ3v) is 6.05. The third-order valence-electron chi connectivity index (χ3n) is 3.58. The van der Waals surface area contributed by atoms with Gasteiger partial charge < -0.3 is 5.73 Å². The van der Waals surface area contributed by atoms with E-state index >= 15 is 0 Å². The van der Waals surface area contributed by atoms with Gasteiger partial charge in [0.15, 0.2) is 0 Å². The first-order chi connectivity index (χ1) is 8.85. The van der Waals surface area contributed by atoms with Gasteiger partial charge >= 0.3 is 0 Å². The second-order valence-corrected chi connectivity index (χ2v) is 7.46. The van der Waals surface area contributed by atoms with Crippen LogP contribution in [0.4, 0.5) is 5.69 Å². The Kier molecular flexibility index (Phi) is 4.08. The number of hydrogen-bond acceptors (Lipinski definition) is 3. The molecule has 1 heterocycles. The second kappa shape index (κ2) is 5.31. The number of nitrogen functional groups attached to an aromatic ring is 1. The molecule has 0 spiro atoms. The van der Waals surface area contributed by atoms with E-state index in [0.29, 0.717) is 6.54 Å². The summed E-state index contributed by atoms with van der Waals surface area (Å²) >= 11 is 6.03. The van der Waals surface area contributed by atoms with Crippen molar-refractivity contribution in [1.82, 2.24) is 4.31 Å². The number of sulfonamides is 1. The molecule has 1 aliphatic rings. The predicted octanol–water partition coefficient (Wildman–Crippen LogP) is 2.73. The lowest BCUT2D eigenvalue weighted by atomic mass is 10.0. The van der Waals surface area contributed by atoms with Gasteiger partial charge in [-0.15, -0.1) is 0 Å². The molecule has 1 aromatic carbocycles. The Balaban J connectivity index is 2.48. The zero-order chi connectivity index (χ0) is 14.2. The van der Waals surface area contributed by atoms with Crippen LogP contribution in [0.2, 0.25) is 5.02 Å². The van der Waals surface area contributed by atoms with Crippen LogP contribution < -0.4 is 5.73 Å². The van der Waals surface area contributed by atoms with E-state index in [1.165, 1.54) is 0 Å². The van der Waals surface area contributed by atoms with Gasteiger partial charge in [0, 0.05) is 12.6 Å². The molecule has 0 saturated carbocycles. The largest absolute Gasteiger partial charge is 0.398 e. The van der Waals surface area contributed by atoms with E-state index in [2.05, 4.69) is 0 Å². The second-order valence-electron chi connectivity index (χ2n) is 5.23. The van der Waals surface area contributed by atoms with Crippen molar-refractivity contribution in [2.75, 3.05) is 12.3 Å². The molecule has 2 rings (SSSR count). The van der Waals surface area contributed by atoms with Crippen LogP contribution in [-0.2, 0) is 10.0 Å². The van der Waals surface area contributed by atoms with E-state index < -0.39 is 10.0 Å². The minimum absolute atomic E-state index is 0.0284. The Hall–Kier alpha value is -0.780. The van der Waals surface area contributed by atoms with Crippen LogP contribution in [0.1, 0.15) is 26.7 Å². The van der Waals surface area contributed by atoms with Crippen molar-refractivity contribution in [3.63, 3.8) is 0 Å². The molecular weight excluding hydrogens is 284 g/mol. The number of nitrogens with two attached hydrogens (primary N) is 1. The fourth-order valence-corrected chi connectivity index (χ4v) is 5.11. The lowest BCUT2D eigenvalue weighted by molar-refractivity contribution is 0.316. The van der Waals surface area contributed by atoms with Crippen molar-refractivity contribution >= 4 is 27.3 Å². The maximum Gasteiger partial charge on any atom is 0.246 e. The van der Waals surface area contributed by atoms with Crippen LogP contribution in [0, 0.1) is 5.92 Å². The molecule has 1 aliphatic heterocycles. The highest BCUT2D eigenvalue weighted by Gasteiger charge is 2.38. The molecule has 2 N–H and O–H groups in total. The summed E-state index contributed by atoms with van der Waals surface area (Å²) in [5, 5.41) is 0.189. The van der Waals surface area contributed by atoms with Crippen molar-refractivity contribution in [2.24, 2.45) is 5.92 Å². The first-order valence-electron chi connectivity index (χ1n) is 6.41. The van der Waals surface area contributed by atoms with Crippen molar-refractivity contribution in [2.45, 2.75) is 37.6 Å². The lowest BCUT2D eigenvalue weighted by Crippen LogP contribution is -2.38. The van der Waals surface area contributed by atoms with Crippen molar-refractivity contribution in [3.05, 3.63) is 23.2 Å². The first-order valence-corrected chi connectivity index (χ1v) is 8.23. The molecule has 4 nitrogen and oxygen atoms in total. The summed E-state index contributed by atoms with van der Waals surface area (Å²) in [4.78, 5) is 0.0456. The van der Waals surface area contributed by atoms with E-state index in [4.69, 9.17) is 17.3 Å². The summed E-state index contributed by atoms with van der Waals surface area (Å²) in [6.45, 7) is 4.61. The monoisotopic (exact) mass is 302 g/mol. The maximum atomic E-state index is 12.8. The summed E-state index contributed by atoms with van der Waals surface area (Å²) in [6, 6.07) is 4.81. The standard InChI is InChI=1S/C13H19ClN2O2S/c1-9(2)12-7-4-8-16(12)19(17,18)13-10(14)5-3-6-11(13)15/h3,5-6,9,12H,4,7-8,15H2,1-2H3. The molecule has 6 heteroatoms. The van der Waals surface area contributed by atoms with Gasteiger partial charge in [0.25, 0.3) is 0 Å². The number of anilines is 1. The highest BCUT2D eigenvalue weighted by molar-refractivity contribution is 7.89. The predicted molar refractivity (Wildman–Crippen MR) is 77.6 cm³/mol. The Morgan fingerprint density at radius 1 is 1.42 bits per heavy atom. The smallest absolute Gasteiger partial charge is 0.246 e. The van der Waals surface area contributed by atoms with Crippen LogP contribution in [0.5, 0.6) is 0 Å². The van der Waals surface area contributed by atoms with E-state index in [9.17, 15) is 8.42 Å². The SMILES string of the molecule is CC(C)C1CCCN1S(=O)(=O)c1c(N)cccc1Cl. The van der Waals surface area contributed by atoms with E-state index in [-0.39, 0.29) is 27.6 Å². The third kappa shape index (κ3) is 2.59. The van der Waals surface area contributed by atoms with Crippen LogP contribution >= 0.6 is 11.6 Å². The van der Waals surface area contributed by atoms with E-state index in [1.807, 2.05) is 13.8 Å². The summed E-state index contributed by atoms with van der Waals surface area (Å²) in [5.41, 5.74) is 6.02. The Bertz CT molecular complexity index is 552. The van der Waals surface area contributed by atoms with Crippen LogP contribution in [0.3, 0.4) is 0 Å². The molecule has 0 amide bonds. The molecule has 1 saturated heterocycles. The molecular formula is C13H19ClN2O2S. The van der Waals surface area contributed by atoms with Gasteiger partial charge in [0.2, 0.25) is 10.0 Å². The molecule has 1 atom stereocenters. The highest BCUT2D eigenvalue weighted by atomic mass is 35.5. The van der Waals surface area contributed by atoms with E-state index in [1.54, 1.807) is 22.5 Å². The number of halogens is 1. The van der Waals surface area contributed by atoms with Crippen LogP contribution in [0.25, 0.3) is 0 Å². The molecule has 1 unspecified atom stereocenters.